The van der Waals surface area contributed by atoms with Gasteiger partial charge in [-0.3, -0.25) is 14.4 Å². The molecule has 2 saturated heterocycles. The summed E-state index contributed by atoms with van der Waals surface area (Å²) in [6.07, 6.45) is 3.47. The summed E-state index contributed by atoms with van der Waals surface area (Å²) in [6, 6.07) is 1.21. The SMILES string of the molecule is O=C(N[C@@H]1CCN(C(=O)c2cc(=O)[nH]c(C3CC3)n2)C1)[C@@H]1CCOC1. The second kappa shape index (κ2) is 6.59. The maximum Gasteiger partial charge on any atom is 0.272 e. The molecule has 1 aliphatic carbocycles. The van der Waals surface area contributed by atoms with Gasteiger partial charge in [-0.1, -0.05) is 0 Å². The van der Waals surface area contributed by atoms with Crippen LogP contribution in [0.2, 0.25) is 0 Å². The molecule has 0 aromatic carbocycles. The maximum absolute atomic E-state index is 12.7. The van der Waals surface area contributed by atoms with E-state index in [0.29, 0.717) is 38.5 Å². The predicted octanol–water partition coefficient (Wildman–Crippen LogP) is 0.0145. The minimum Gasteiger partial charge on any atom is -0.381 e. The molecular formula is C17H22N4O4. The van der Waals surface area contributed by atoms with E-state index in [4.69, 9.17) is 4.74 Å². The van der Waals surface area contributed by atoms with Gasteiger partial charge in [0.1, 0.15) is 11.5 Å². The van der Waals surface area contributed by atoms with E-state index < -0.39 is 0 Å². The van der Waals surface area contributed by atoms with Gasteiger partial charge in [-0.15, -0.1) is 0 Å². The molecule has 2 aliphatic heterocycles. The number of aromatic nitrogens is 2. The first-order chi connectivity index (χ1) is 12.1. The molecular weight excluding hydrogens is 324 g/mol. The van der Waals surface area contributed by atoms with E-state index in [1.807, 2.05) is 0 Å². The zero-order valence-electron chi connectivity index (χ0n) is 14.0. The van der Waals surface area contributed by atoms with Crippen LogP contribution in [0, 0.1) is 5.92 Å². The summed E-state index contributed by atoms with van der Waals surface area (Å²) in [5.74, 6) is 0.567. The molecule has 1 aromatic rings. The molecule has 134 valence electrons. The summed E-state index contributed by atoms with van der Waals surface area (Å²) in [5, 5.41) is 3.01. The molecule has 1 saturated carbocycles. The molecule has 8 heteroatoms. The van der Waals surface area contributed by atoms with Crippen molar-refractivity contribution in [3.05, 3.63) is 27.9 Å². The Bertz CT molecular complexity index is 736. The number of nitrogens with zero attached hydrogens (tertiary/aromatic N) is 2. The third kappa shape index (κ3) is 3.58. The summed E-state index contributed by atoms with van der Waals surface area (Å²) in [6.45, 7) is 2.11. The van der Waals surface area contributed by atoms with E-state index >= 15 is 0 Å². The molecule has 4 rings (SSSR count). The molecule has 25 heavy (non-hydrogen) atoms. The zero-order valence-corrected chi connectivity index (χ0v) is 14.0. The van der Waals surface area contributed by atoms with E-state index in [1.54, 1.807) is 4.90 Å². The smallest absolute Gasteiger partial charge is 0.272 e. The van der Waals surface area contributed by atoms with Crippen LogP contribution in [0.5, 0.6) is 0 Å². The van der Waals surface area contributed by atoms with Gasteiger partial charge in [0.2, 0.25) is 5.91 Å². The first kappa shape index (κ1) is 16.3. The molecule has 3 aliphatic rings. The van der Waals surface area contributed by atoms with Gasteiger partial charge in [-0.05, 0) is 25.7 Å². The lowest BCUT2D eigenvalue weighted by Gasteiger charge is -2.18. The van der Waals surface area contributed by atoms with Gasteiger partial charge in [0.25, 0.3) is 11.5 Å². The lowest BCUT2D eigenvalue weighted by Crippen LogP contribution is -2.41. The first-order valence-electron chi connectivity index (χ1n) is 8.89. The lowest BCUT2D eigenvalue weighted by atomic mass is 10.1. The molecule has 1 aromatic heterocycles. The summed E-state index contributed by atoms with van der Waals surface area (Å²) in [7, 11) is 0. The Morgan fingerprint density at radius 3 is 2.84 bits per heavy atom. The summed E-state index contributed by atoms with van der Waals surface area (Å²) < 4.78 is 5.24. The maximum atomic E-state index is 12.7. The highest BCUT2D eigenvalue weighted by atomic mass is 16.5. The van der Waals surface area contributed by atoms with Crippen molar-refractivity contribution in [3.8, 4) is 0 Å². The van der Waals surface area contributed by atoms with E-state index in [1.165, 1.54) is 6.07 Å². The fraction of sp³-hybridized carbons (Fsp3) is 0.647. The molecule has 0 radical (unpaired) electrons. The van der Waals surface area contributed by atoms with Gasteiger partial charge in [-0.25, -0.2) is 4.98 Å². The van der Waals surface area contributed by atoms with Gasteiger partial charge >= 0.3 is 0 Å². The average Bonchev–Trinajstić information content (AvgIpc) is 3.10. The van der Waals surface area contributed by atoms with Crippen LogP contribution in [0.4, 0.5) is 0 Å². The van der Waals surface area contributed by atoms with Crippen LogP contribution in [-0.2, 0) is 9.53 Å². The molecule has 0 unspecified atom stereocenters. The molecule has 0 bridgehead atoms. The van der Waals surface area contributed by atoms with E-state index in [-0.39, 0.29) is 40.9 Å². The monoisotopic (exact) mass is 346 g/mol. The van der Waals surface area contributed by atoms with Gasteiger partial charge in [0.05, 0.1) is 12.5 Å². The first-order valence-corrected chi connectivity index (χ1v) is 8.89. The number of ether oxygens (including phenoxy) is 1. The second-order valence-corrected chi connectivity index (χ2v) is 7.10. The molecule has 3 fully saturated rings. The number of rotatable bonds is 4. The average molecular weight is 346 g/mol. The van der Waals surface area contributed by atoms with Crippen molar-refractivity contribution in [2.45, 2.75) is 37.6 Å². The standard InChI is InChI=1S/C17H22N4O4/c22-14-7-13(19-15(20-14)10-1-2-10)17(24)21-5-3-12(8-21)18-16(23)11-4-6-25-9-11/h7,10-12H,1-6,8-9H2,(H,18,23)(H,19,20,22)/t11-,12-/m1/s1. The third-order valence-electron chi connectivity index (χ3n) is 5.07. The number of nitrogens with one attached hydrogen (secondary N) is 2. The van der Waals surface area contributed by atoms with E-state index in [2.05, 4.69) is 15.3 Å². The van der Waals surface area contributed by atoms with Crippen molar-refractivity contribution < 1.29 is 14.3 Å². The van der Waals surface area contributed by atoms with Crippen LogP contribution < -0.4 is 10.9 Å². The molecule has 0 spiro atoms. The van der Waals surface area contributed by atoms with Gasteiger partial charge < -0.3 is 19.9 Å². The number of hydrogen-bond acceptors (Lipinski definition) is 5. The number of carbonyl (C=O) groups is 2. The van der Waals surface area contributed by atoms with Gasteiger partial charge in [0.15, 0.2) is 0 Å². The predicted molar refractivity (Wildman–Crippen MR) is 88.2 cm³/mol. The summed E-state index contributed by atoms with van der Waals surface area (Å²) >= 11 is 0. The van der Waals surface area contributed by atoms with E-state index in [9.17, 15) is 14.4 Å². The number of amides is 2. The highest BCUT2D eigenvalue weighted by Crippen LogP contribution is 2.37. The third-order valence-corrected chi connectivity index (χ3v) is 5.07. The lowest BCUT2D eigenvalue weighted by molar-refractivity contribution is -0.125. The number of hydrogen-bond donors (Lipinski definition) is 2. The number of H-pyrrole nitrogens is 1. The van der Waals surface area contributed by atoms with Crippen LogP contribution in [0.25, 0.3) is 0 Å². The Labute approximate surface area is 145 Å². The molecule has 2 N–H and O–H groups in total. The largest absolute Gasteiger partial charge is 0.381 e. The Morgan fingerprint density at radius 1 is 1.28 bits per heavy atom. The Morgan fingerprint density at radius 2 is 2.12 bits per heavy atom. The van der Waals surface area contributed by atoms with Crippen LogP contribution in [0.3, 0.4) is 0 Å². The number of likely N-dealkylation sites (tertiary alicyclic amines) is 1. The van der Waals surface area contributed by atoms with Crippen LogP contribution in [0.15, 0.2) is 10.9 Å². The molecule has 8 nitrogen and oxygen atoms in total. The molecule has 2 amide bonds. The fourth-order valence-electron chi connectivity index (χ4n) is 3.42. The second-order valence-electron chi connectivity index (χ2n) is 7.10. The highest BCUT2D eigenvalue weighted by molar-refractivity contribution is 5.92. The summed E-state index contributed by atoms with van der Waals surface area (Å²) in [4.78, 5) is 45.3. The number of carbonyl (C=O) groups excluding carboxylic acids is 2. The van der Waals surface area contributed by atoms with Gasteiger partial charge in [-0.2, -0.15) is 0 Å². The normalized spacial score (nSPS) is 26.0. The van der Waals surface area contributed by atoms with Crippen molar-refractivity contribution in [1.29, 1.82) is 0 Å². The Hall–Kier alpha value is -2.22. The van der Waals surface area contributed by atoms with Gasteiger partial charge in [0, 0.05) is 37.7 Å². The van der Waals surface area contributed by atoms with Crippen molar-refractivity contribution in [1.82, 2.24) is 20.2 Å². The minimum absolute atomic E-state index is 0.00194. The van der Waals surface area contributed by atoms with E-state index in [0.717, 1.165) is 19.3 Å². The Kier molecular flexibility index (Phi) is 4.29. The van der Waals surface area contributed by atoms with Crippen LogP contribution in [0.1, 0.15) is 47.9 Å². The highest BCUT2D eigenvalue weighted by Gasteiger charge is 2.32. The van der Waals surface area contributed by atoms with Crippen molar-refractivity contribution in [3.63, 3.8) is 0 Å². The van der Waals surface area contributed by atoms with Crippen LogP contribution in [-0.4, -0.2) is 59.0 Å². The topological polar surface area (TPSA) is 104 Å². The quantitative estimate of drug-likeness (QED) is 0.799. The minimum atomic E-state index is -0.287. The summed E-state index contributed by atoms with van der Waals surface area (Å²) in [5.41, 5.74) is -0.0904. The zero-order chi connectivity index (χ0) is 17.4. The van der Waals surface area contributed by atoms with Crippen molar-refractivity contribution >= 4 is 11.8 Å². The van der Waals surface area contributed by atoms with Crippen LogP contribution >= 0.6 is 0 Å². The Balaban J connectivity index is 1.38. The molecule has 2 atom stereocenters. The molecule has 3 heterocycles. The fourth-order valence-corrected chi connectivity index (χ4v) is 3.42. The van der Waals surface area contributed by atoms with Crippen molar-refractivity contribution in [2.24, 2.45) is 5.92 Å². The van der Waals surface area contributed by atoms with Crippen molar-refractivity contribution in [2.75, 3.05) is 26.3 Å². The number of aromatic amines is 1.